The van der Waals surface area contributed by atoms with Gasteiger partial charge < -0.3 is 15.7 Å². The third kappa shape index (κ3) is 5.09. The summed E-state index contributed by atoms with van der Waals surface area (Å²) < 4.78 is 39.2. The Bertz CT molecular complexity index is 1190. The summed E-state index contributed by atoms with van der Waals surface area (Å²) in [5.74, 6) is -0.0726. The number of hydrogen-bond donors (Lipinski definition) is 3. The second-order valence-electron chi connectivity index (χ2n) is 9.12. The van der Waals surface area contributed by atoms with Crippen molar-refractivity contribution in [3.05, 3.63) is 46.7 Å². The normalized spacial score (nSPS) is 23.7. The first-order valence-corrected chi connectivity index (χ1v) is 12.3. The summed E-state index contributed by atoms with van der Waals surface area (Å²) in [4.78, 5) is 27.0. The van der Waals surface area contributed by atoms with Gasteiger partial charge in [0.1, 0.15) is 22.8 Å². The summed E-state index contributed by atoms with van der Waals surface area (Å²) in [5, 5.41) is 19.5. The van der Waals surface area contributed by atoms with E-state index < -0.39 is 17.3 Å². The van der Waals surface area contributed by atoms with E-state index in [0.29, 0.717) is 24.4 Å². The highest BCUT2D eigenvalue weighted by Crippen LogP contribution is 2.40. The lowest BCUT2D eigenvalue weighted by Gasteiger charge is -2.47. The fourth-order valence-corrected chi connectivity index (χ4v) is 5.63. The molecule has 3 heterocycles. The molecule has 35 heavy (non-hydrogen) atoms. The first-order chi connectivity index (χ1) is 16.7. The van der Waals surface area contributed by atoms with Crippen molar-refractivity contribution in [3.8, 4) is 0 Å². The fourth-order valence-electron chi connectivity index (χ4n) is 4.83. The van der Waals surface area contributed by atoms with Crippen molar-refractivity contribution < 1.29 is 23.1 Å². The Labute approximate surface area is 203 Å². The molecule has 186 valence electrons. The van der Waals surface area contributed by atoms with E-state index in [2.05, 4.69) is 30.5 Å². The monoisotopic (exact) mass is 506 g/mol. The highest BCUT2D eigenvalue weighted by Gasteiger charge is 2.41. The molecule has 0 atom stereocenters. The van der Waals surface area contributed by atoms with Gasteiger partial charge in [0.15, 0.2) is 0 Å². The van der Waals surface area contributed by atoms with Gasteiger partial charge in [0.2, 0.25) is 5.91 Å². The van der Waals surface area contributed by atoms with Gasteiger partial charge in [-0.25, -0.2) is 15.0 Å². The SMILES string of the molecule is O=C(CNc1ncnc2ccc(C(F)(F)F)cc12)NC1CN([C@H]2CC[C@@](O)(c3nccs3)CC2)C1. The number of benzene rings is 1. The van der Waals surface area contributed by atoms with Gasteiger partial charge in [-0.15, -0.1) is 11.3 Å². The number of anilines is 1. The predicted octanol–water partition coefficient (Wildman–Crippen LogP) is 3.15. The third-order valence-corrected chi connectivity index (χ3v) is 7.75. The zero-order valence-corrected chi connectivity index (χ0v) is 19.6. The maximum atomic E-state index is 13.1. The second-order valence-corrected chi connectivity index (χ2v) is 10.0. The van der Waals surface area contributed by atoms with E-state index in [4.69, 9.17) is 0 Å². The van der Waals surface area contributed by atoms with Crippen LogP contribution < -0.4 is 10.6 Å². The second kappa shape index (κ2) is 9.32. The number of aliphatic hydroxyl groups is 1. The van der Waals surface area contributed by atoms with E-state index in [1.165, 1.54) is 23.7 Å². The molecule has 1 aromatic carbocycles. The van der Waals surface area contributed by atoms with Crippen molar-refractivity contribution in [2.24, 2.45) is 0 Å². The average Bonchev–Trinajstić information content (AvgIpc) is 3.36. The molecule has 0 bridgehead atoms. The lowest BCUT2D eigenvalue weighted by Crippen LogP contribution is -2.63. The number of carbonyl (C=O) groups is 1. The van der Waals surface area contributed by atoms with E-state index in [1.807, 2.05) is 5.38 Å². The minimum Gasteiger partial charge on any atom is -0.383 e. The van der Waals surface area contributed by atoms with Gasteiger partial charge >= 0.3 is 6.18 Å². The number of aromatic nitrogens is 3. The number of thiazole rings is 1. The predicted molar refractivity (Wildman–Crippen MR) is 125 cm³/mol. The number of hydrogen-bond acceptors (Lipinski definition) is 8. The molecule has 1 saturated heterocycles. The standard InChI is InChI=1S/C23H25F3N6O2S/c24-23(25,26)14-1-2-18-17(9-14)20(30-13-29-18)28-10-19(33)31-15-11-32(12-15)16-3-5-22(34,6-4-16)21-27-7-8-35-21/h1-2,7-9,13,15-16,34H,3-6,10-12H2,(H,31,33)(H,28,29,30)/t16-,22-. The number of rotatable bonds is 6. The van der Waals surface area contributed by atoms with Gasteiger partial charge in [-0.3, -0.25) is 9.69 Å². The molecule has 1 aliphatic heterocycles. The van der Waals surface area contributed by atoms with Crippen LogP contribution >= 0.6 is 11.3 Å². The van der Waals surface area contributed by atoms with Crippen LogP contribution in [0, 0.1) is 0 Å². The minimum atomic E-state index is -4.48. The van der Waals surface area contributed by atoms with Crippen molar-refractivity contribution in [3.63, 3.8) is 0 Å². The zero-order chi connectivity index (χ0) is 24.6. The Morgan fingerprint density at radius 1 is 1.20 bits per heavy atom. The summed E-state index contributed by atoms with van der Waals surface area (Å²) >= 11 is 1.48. The van der Waals surface area contributed by atoms with E-state index in [1.54, 1.807) is 6.20 Å². The van der Waals surface area contributed by atoms with Gasteiger partial charge in [-0.05, 0) is 43.9 Å². The lowest BCUT2D eigenvalue weighted by atomic mass is 9.81. The smallest absolute Gasteiger partial charge is 0.383 e. The molecular weight excluding hydrogens is 481 g/mol. The summed E-state index contributed by atoms with van der Waals surface area (Å²) in [6, 6.07) is 3.63. The van der Waals surface area contributed by atoms with E-state index in [9.17, 15) is 23.1 Å². The molecule has 2 aliphatic rings. The van der Waals surface area contributed by atoms with Crippen molar-refractivity contribution in [1.82, 2.24) is 25.2 Å². The highest BCUT2D eigenvalue weighted by molar-refractivity contribution is 7.09. The largest absolute Gasteiger partial charge is 0.416 e. The fraction of sp³-hybridized carbons (Fsp3) is 0.478. The van der Waals surface area contributed by atoms with Crippen LogP contribution in [0.4, 0.5) is 19.0 Å². The van der Waals surface area contributed by atoms with Crippen LogP contribution in [-0.2, 0) is 16.6 Å². The molecule has 2 aromatic heterocycles. The van der Waals surface area contributed by atoms with Gasteiger partial charge in [0.25, 0.3) is 0 Å². The maximum absolute atomic E-state index is 13.1. The van der Waals surface area contributed by atoms with E-state index in [0.717, 1.165) is 43.1 Å². The van der Waals surface area contributed by atoms with Crippen LogP contribution in [0.15, 0.2) is 36.1 Å². The molecule has 5 rings (SSSR count). The van der Waals surface area contributed by atoms with Gasteiger partial charge in [-0.1, -0.05) is 0 Å². The Morgan fingerprint density at radius 2 is 1.97 bits per heavy atom. The molecule has 0 radical (unpaired) electrons. The summed E-state index contributed by atoms with van der Waals surface area (Å²) in [5.41, 5.74) is -1.27. The molecule has 1 amide bonds. The Kier molecular flexibility index (Phi) is 6.36. The number of likely N-dealkylation sites (tertiary alicyclic amines) is 1. The van der Waals surface area contributed by atoms with E-state index >= 15 is 0 Å². The summed E-state index contributed by atoms with van der Waals surface area (Å²) in [7, 11) is 0. The first-order valence-electron chi connectivity index (χ1n) is 11.4. The molecule has 0 unspecified atom stereocenters. The van der Waals surface area contributed by atoms with Gasteiger partial charge in [0, 0.05) is 36.1 Å². The number of alkyl halides is 3. The highest BCUT2D eigenvalue weighted by atomic mass is 32.1. The van der Waals surface area contributed by atoms with Crippen LogP contribution in [0.2, 0.25) is 0 Å². The van der Waals surface area contributed by atoms with Crippen LogP contribution in [-0.4, -0.2) is 62.6 Å². The van der Waals surface area contributed by atoms with Crippen LogP contribution in [0.3, 0.4) is 0 Å². The molecule has 0 spiro atoms. The molecule has 8 nitrogen and oxygen atoms in total. The van der Waals surface area contributed by atoms with Gasteiger partial charge in [0.05, 0.1) is 23.7 Å². The quantitative estimate of drug-likeness (QED) is 0.472. The van der Waals surface area contributed by atoms with Crippen molar-refractivity contribution in [1.29, 1.82) is 0 Å². The van der Waals surface area contributed by atoms with Crippen molar-refractivity contribution in [2.75, 3.05) is 25.0 Å². The number of halogens is 3. The minimum absolute atomic E-state index is 0.0167. The van der Waals surface area contributed by atoms with Crippen molar-refractivity contribution in [2.45, 2.75) is 49.5 Å². The van der Waals surface area contributed by atoms with Crippen LogP contribution in [0.1, 0.15) is 36.3 Å². The molecule has 1 saturated carbocycles. The molecule has 3 N–H and O–H groups in total. The van der Waals surface area contributed by atoms with Crippen LogP contribution in [0.5, 0.6) is 0 Å². The first kappa shape index (κ1) is 23.9. The zero-order valence-electron chi connectivity index (χ0n) is 18.8. The molecule has 2 fully saturated rings. The van der Waals surface area contributed by atoms with E-state index in [-0.39, 0.29) is 29.7 Å². The average molecular weight is 507 g/mol. The lowest BCUT2D eigenvalue weighted by molar-refractivity contribution is -0.137. The number of nitrogens with one attached hydrogen (secondary N) is 2. The maximum Gasteiger partial charge on any atom is 0.416 e. The number of amides is 1. The summed E-state index contributed by atoms with van der Waals surface area (Å²) in [6.45, 7) is 1.36. The topological polar surface area (TPSA) is 103 Å². The molecule has 1 aliphatic carbocycles. The van der Waals surface area contributed by atoms with Crippen molar-refractivity contribution >= 4 is 34.0 Å². The van der Waals surface area contributed by atoms with Crippen LogP contribution in [0.25, 0.3) is 10.9 Å². The van der Waals surface area contributed by atoms with Gasteiger partial charge in [-0.2, -0.15) is 13.2 Å². The molecular formula is C23H25F3N6O2S. The molecule has 3 aromatic rings. The Hall–Kier alpha value is -2.83. The third-order valence-electron chi connectivity index (χ3n) is 6.78. The number of nitrogens with zero attached hydrogens (tertiary/aromatic N) is 4. The Balaban J connectivity index is 1.10. The Morgan fingerprint density at radius 3 is 2.66 bits per heavy atom. The number of carbonyl (C=O) groups excluding carboxylic acids is 1. The summed E-state index contributed by atoms with van der Waals surface area (Å²) in [6.07, 6.45) is 1.58. The molecule has 12 heteroatoms. The number of fused-ring (bicyclic) bond motifs is 1.